The van der Waals surface area contributed by atoms with Crippen molar-refractivity contribution in [3.63, 3.8) is 0 Å². The van der Waals surface area contributed by atoms with Crippen molar-refractivity contribution in [2.45, 2.75) is 33.1 Å². The van der Waals surface area contributed by atoms with E-state index in [-0.39, 0.29) is 5.97 Å². The molecule has 0 spiro atoms. The van der Waals surface area contributed by atoms with Gasteiger partial charge in [-0.3, -0.25) is 9.69 Å². The van der Waals surface area contributed by atoms with E-state index in [4.69, 9.17) is 4.74 Å². The van der Waals surface area contributed by atoms with Crippen LogP contribution in [0.1, 0.15) is 33.1 Å². The van der Waals surface area contributed by atoms with Gasteiger partial charge in [0.25, 0.3) is 0 Å². The normalized spacial score (nSPS) is 18.1. The predicted octanol–water partition coefficient (Wildman–Crippen LogP) is 1.26. The standard InChI is InChI=1S/C13H26N2O2/c1-12(2)5-3-10-17-13(16)11-15-8-4-6-14-7-9-15/h12,14H,3-11H2,1-2H3. The van der Waals surface area contributed by atoms with E-state index in [2.05, 4.69) is 24.1 Å². The molecule has 1 saturated heterocycles. The molecule has 4 heteroatoms. The van der Waals surface area contributed by atoms with Crippen molar-refractivity contribution in [1.82, 2.24) is 10.2 Å². The molecular formula is C13H26N2O2. The van der Waals surface area contributed by atoms with E-state index >= 15 is 0 Å². The van der Waals surface area contributed by atoms with Crippen molar-refractivity contribution >= 4 is 5.97 Å². The second-order valence-electron chi connectivity index (χ2n) is 5.14. The number of carbonyl (C=O) groups excluding carboxylic acids is 1. The van der Waals surface area contributed by atoms with Gasteiger partial charge in [-0.2, -0.15) is 0 Å². The van der Waals surface area contributed by atoms with Gasteiger partial charge in [-0.25, -0.2) is 0 Å². The first-order valence-electron chi connectivity index (χ1n) is 6.77. The van der Waals surface area contributed by atoms with Crippen molar-refractivity contribution in [3.05, 3.63) is 0 Å². The lowest BCUT2D eigenvalue weighted by molar-refractivity contribution is -0.145. The molecule has 1 fully saturated rings. The van der Waals surface area contributed by atoms with Crippen molar-refractivity contribution in [2.24, 2.45) is 5.92 Å². The molecule has 0 unspecified atom stereocenters. The van der Waals surface area contributed by atoms with E-state index in [0.29, 0.717) is 19.1 Å². The average molecular weight is 242 g/mol. The zero-order valence-electron chi connectivity index (χ0n) is 11.2. The first-order chi connectivity index (χ1) is 8.18. The maximum Gasteiger partial charge on any atom is 0.320 e. The van der Waals surface area contributed by atoms with Gasteiger partial charge in [0.2, 0.25) is 0 Å². The maximum absolute atomic E-state index is 11.6. The summed E-state index contributed by atoms with van der Waals surface area (Å²) in [5, 5.41) is 3.32. The topological polar surface area (TPSA) is 41.6 Å². The fourth-order valence-corrected chi connectivity index (χ4v) is 1.97. The monoisotopic (exact) mass is 242 g/mol. The Kier molecular flexibility index (Phi) is 7.21. The lowest BCUT2D eigenvalue weighted by atomic mass is 10.1. The van der Waals surface area contributed by atoms with Gasteiger partial charge in [0.15, 0.2) is 0 Å². The highest BCUT2D eigenvalue weighted by Crippen LogP contribution is 2.03. The molecule has 100 valence electrons. The summed E-state index contributed by atoms with van der Waals surface area (Å²) in [4.78, 5) is 13.8. The SMILES string of the molecule is CC(C)CCCOC(=O)CN1CCCNCC1. The van der Waals surface area contributed by atoms with Crippen LogP contribution in [0.3, 0.4) is 0 Å². The minimum atomic E-state index is -0.0735. The van der Waals surface area contributed by atoms with Crippen molar-refractivity contribution in [2.75, 3.05) is 39.3 Å². The molecule has 0 aliphatic carbocycles. The molecule has 17 heavy (non-hydrogen) atoms. The van der Waals surface area contributed by atoms with E-state index in [9.17, 15) is 4.79 Å². The number of hydrogen-bond donors (Lipinski definition) is 1. The fraction of sp³-hybridized carbons (Fsp3) is 0.923. The Hall–Kier alpha value is -0.610. The van der Waals surface area contributed by atoms with Crippen molar-refractivity contribution in [1.29, 1.82) is 0 Å². The molecular weight excluding hydrogens is 216 g/mol. The number of ether oxygens (including phenoxy) is 1. The average Bonchev–Trinajstić information content (AvgIpc) is 2.53. The van der Waals surface area contributed by atoms with Gasteiger partial charge in [0.05, 0.1) is 13.2 Å². The van der Waals surface area contributed by atoms with E-state index in [1.165, 1.54) is 0 Å². The molecule has 0 aromatic carbocycles. The summed E-state index contributed by atoms with van der Waals surface area (Å²) in [7, 11) is 0. The highest BCUT2D eigenvalue weighted by Gasteiger charge is 2.13. The largest absolute Gasteiger partial charge is 0.465 e. The fourth-order valence-electron chi connectivity index (χ4n) is 1.97. The molecule has 1 heterocycles. The second-order valence-corrected chi connectivity index (χ2v) is 5.14. The second kappa shape index (κ2) is 8.48. The molecule has 4 nitrogen and oxygen atoms in total. The third kappa shape index (κ3) is 7.34. The molecule has 0 radical (unpaired) electrons. The molecule has 1 N–H and O–H groups in total. The van der Waals surface area contributed by atoms with Crippen LogP contribution in [0.5, 0.6) is 0 Å². The lowest BCUT2D eigenvalue weighted by Crippen LogP contribution is -2.34. The highest BCUT2D eigenvalue weighted by molar-refractivity contribution is 5.71. The predicted molar refractivity (Wildman–Crippen MR) is 69.0 cm³/mol. The van der Waals surface area contributed by atoms with Crippen LogP contribution in [0.15, 0.2) is 0 Å². The summed E-state index contributed by atoms with van der Waals surface area (Å²) in [6, 6.07) is 0. The van der Waals surface area contributed by atoms with E-state index in [1.807, 2.05) is 0 Å². The quantitative estimate of drug-likeness (QED) is 0.562. The zero-order valence-corrected chi connectivity index (χ0v) is 11.2. The van der Waals surface area contributed by atoms with Gasteiger partial charge >= 0.3 is 5.97 Å². The first-order valence-corrected chi connectivity index (χ1v) is 6.77. The zero-order chi connectivity index (χ0) is 12.5. The summed E-state index contributed by atoms with van der Waals surface area (Å²) in [6.07, 6.45) is 3.21. The Labute approximate surface area is 105 Å². The number of rotatable bonds is 6. The third-order valence-corrected chi connectivity index (χ3v) is 2.97. The molecule has 0 amide bonds. The molecule has 1 aliphatic rings. The van der Waals surface area contributed by atoms with Crippen LogP contribution in [-0.4, -0.2) is 50.2 Å². The molecule has 0 aromatic heterocycles. The number of esters is 1. The van der Waals surface area contributed by atoms with Crippen LogP contribution in [0, 0.1) is 5.92 Å². The minimum Gasteiger partial charge on any atom is -0.465 e. The molecule has 0 bridgehead atoms. The van der Waals surface area contributed by atoms with Gasteiger partial charge in [0, 0.05) is 13.1 Å². The number of hydrogen-bond acceptors (Lipinski definition) is 4. The Morgan fingerprint density at radius 3 is 2.94 bits per heavy atom. The van der Waals surface area contributed by atoms with Crippen LogP contribution in [0.2, 0.25) is 0 Å². The van der Waals surface area contributed by atoms with E-state index in [0.717, 1.165) is 45.4 Å². The van der Waals surface area contributed by atoms with Crippen molar-refractivity contribution in [3.8, 4) is 0 Å². The Morgan fingerprint density at radius 1 is 1.35 bits per heavy atom. The van der Waals surface area contributed by atoms with Gasteiger partial charge in [-0.05, 0) is 38.3 Å². The first kappa shape index (κ1) is 14.5. The molecule has 0 saturated carbocycles. The summed E-state index contributed by atoms with van der Waals surface area (Å²) >= 11 is 0. The van der Waals surface area contributed by atoms with E-state index in [1.54, 1.807) is 0 Å². The van der Waals surface area contributed by atoms with Crippen LogP contribution in [0.4, 0.5) is 0 Å². The van der Waals surface area contributed by atoms with Crippen LogP contribution < -0.4 is 5.32 Å². The van der Waals surface area contributed by atoms with Crippen molar-refractivity contribution < 1.29 is 9.53 Å². The van der Waals surface area contributed by atoms with Crippen LogP contribution in [-0.2, 0) is 9.53 Å². The van der Waals surface area contributed by atoms with Gasteiger partial charge < -0.3 is 10.1 Å². The smallest absolute Gasteiger partial charge is 0.320 e. The molecule has 0 atom stereocenters. The number of carbonyl (C=O) groups is 1. The summed E-state index contributed by atoms with van der Waals surface area (Å²) in [5.41, 5.74) is 0. The number of nitrogens with one attached hydrogen (secondary N) is 1. The van der Waals surface area contributed by atoms with E-state index < -0.39 is 0 Å². The van der Waals surface area contributed by atoms with Gasteiger partial charge in [-0.1, -0.05) is 13.8 Å². The lowest BCUT2D eigenvalue weighted by Gasteiger charge is -2.18. The Morgan fingerprint density at radius 2 is 2.18 bits per heavy atom. The van der Waals surface area contributed by atoms with Gasteiger partial charge in [-0.15, -0.1) is 0 Å². The molecule has 1 aliphatic heterocycles. The third-order valence-electron chi connectivity index (χ3n) is 2.97. The van der Waals surface area contributed by atoms with Crippen LogP contribution in [0.25, 0.3) is 0 Å². The maximum atomic E-state index is 11.6. The van der Waals surface area contributed by atoms with Crippen LogP contribution >= 0.6 is 0 Å². The molecule has 0 aromatic rings. The minimum absolute atomic E-state index is 0.0735. The summed E-state index contributed by atoms with van der Waals surface area (Å²) in [5.74, 6) is 0.612. The summed E-state index contributed by atoms with van der Waals surface area (Å²) in [6.45, 7) is 9.36. The Balaban J connectivity index is 2.07. The highest BCUT2D eigenvalue weighted by atomic mass is 16.5. The van der Waals surface area contributed by atoms with Gasteiger partial charge in [0.1, 0.15) is 0 Å². The molecule has 1 rings (SSSR count). The summed E-state index contributed by atoms with van der Waals surface area (Å²) < 4.78 is 5.23. The Bertz CT molecular complexity index is 211. The number of nitrogens with zero attached hydrogens (tertiary/aromatic N) is 1.